The molecule has 88 valence electrons. The average molecular weight is 221 g/mol. The van der Waals surface area contributed by atoms with Gasteiger partial charge in [0.15, 0.2) is 0 Å². The molecule has 0 radical (unpaired) electrons. The van der Waals surface area contributed by atoms with Gasteiger partial charge in [-0.2, -0.15) is 5.26 Å². The van der Waals surface area contributed by atoms with Gasteiger partial charge in [-0.05, 0) is 32.2 Å². The van der Waals surface area contributed by atoms with E-state index in [0.29, 0.717) is 12.5 Å². The van der Waals surface area contributed by atoms with Crippen LogP contribution in [0.5, 0.6) is 0 Å². The number of nitrogens with zero attached hydrogens (tertiary/aromatic N) is 2. The predicted molar refractivity (Wildman–Crippen MR) is 60.5 cm³/mol. The molecule has 0 aromatic rings. The number of carbonyl (C=O) groups is 1. The second-order valence-corrected chi connectivity index (χ2v) is 4.74. The maximum Gasteiger partial charge on any atom is 0.237 e. The Morgan fingerprint density at radius 2 is 2.38 bits per heavy atom. The lowest BCUT2D eigenvalue weighted by molar-refractivity contribution is -0.124. The normalized spacial score (nSPS) is 30.8. The van der Waals surface area contributed by atoms with Crippen molar-refractivity contribution in [3.63, 3.8) is 0 Å². The average Bonchev–Trinajstić information content (AvgIpc) is 2.85. The maximum absolute atomic E-state index is 11.8. The summed E-state index contributed by atoms with van der Waals surface area (Å²) in [5, 5.41) is 11.9. The van der Waals surface area contributed by atoms with E-state index in [2.05, 4.69) is 16.3 Å². The topological polar surface area (TPSA) is 56.1 Å². The Balaban J connectivity index is 1.90. The van der Waals surface area contributed by atoms with Gasteiger partial charge in [0, 0.05) is 18.6 Å². The third kappa shape index (κ3) is 2.05. The highest BCUT2D eigenvalue weighted by molar-refractivity contribution is 5.81. The molecule has 2 fully saturated rings. The molecule has 0 spiro atoms. The molecule has 16 heavy (non-hydrogen) atoms. The second-order valence-electron chi connectivity index (χ2n) is 4.74. The molecule has 0 aliphatic carbocycles. The molecule has 3 unspecified atom stereocenters. The fourth-order valence-electron chi connectivity index (χ4n) is 2.87. The molecule has 0 saturated carbocycles. The van der Waals surface area contributed by atoms with Crippen molar-refractivity contribution in [2.24, 2.45) is 5.92 Å². The van der Waals surface area contributed by atoms with Crippen molar-refractivity contribution in [2.75, 3.05) is 13.1 Å². The van der Waals surface area contributed by atoms with E-state index >= 15 is 0 Å². The van der Waals surface area contributed by atoms with Gasteiger partial charge >= 0.3 is 0 Å². The zero-order valence-electron chi connectivity index (χ0n) is 9.78. The van der Waals surface area contributed by atoms with E-state index < -0.39 is 5.92 Å². The Labute approximate surface area is 96.6 Å². The molecule has 2 aliphatic rings. The Kier molecular flexibility index (Phi) is 3.45. The molecule has 2 aliphatic heterocycles. The molecule has 2 heterocycles. The standard InChI is InChI=1S/C12H19N3O/c1-2-9(8-13)12(16)14-10-5-7-15-6-3-4-11(10)15/h9-11H,2-7H2,1H3,(H,14,16). The van der Waals surface area contributed by atoms with E-state index in [1.54, 1.807) is 0 Å². The van der Waals surface area contributed by atoms with Crippen molar-refractivity contribution >= 4 is 5.91 Å². The first-order chi connectivity index (χ1) is 7.76. The lowest BCUT2D eigenvalue weighted by atomic mass is 10.0. The zero-order valence-corrected chi connectivity index (χ0v) is 9.78. The minimum atomic E-state index is -0.476. The molecule has 1 amide bonds. The van der Waals surface area contributed by atoms with E-state index in [1.165, 1.54) is 19.4 Å². The predicted octanol–water partition coefficient (Wildman–Crippen LogP) is 0.889. The van der Waals surface area contributed by atoms with Crippen LogP contribution in [0.2, 0.25) is 0 Å². The van der Waals surface area contributed by atoms with Crippen molar-refractivity contribution in [1.82, 2.24) is 10.2 Å². The van der Waals surface area contributed by atoms with Crippen LogP contribution in [0.1, 0.15) is 32.6 Å². The first-order valence-corrected chi connectivity index (χ1v) is 6.20. The molecular formula is C12H19N3O. The number of hydrogen-bond donors (Lipinski definition) is 1. The SMILES string of the molecule is CCC(C#N)C(=O)NC1CCN2CCCC12. The van der Waals surface area contributed by atoms with Gasteiger partial charge < -0.3 is 5.32 Å². The molecule has 0 aromatic heterocycles. The Hall–Kier alpha value is -1.08. The van der Waals surface area contributed by atoms with Crippen molar-refractivity contribution in [1.29, 1.82) is 5.26 Å². The lowest BCUT2D eigenvalue weighted by Gasteiger charge is -2.22. The van der Waals surface area contributed by atoms with Crippen molar-refractivity contribution in [3.05, 3.63) is 0 Å². The molecule has 2 rings (SSSR count). The van der Waals surface area contributed by atoms with Crippen molar-refractivity contribution in [2.45, 2.75) is 44.7 Å². The van der Waals surface area contributed by atoms with Crippen LogP contribution in [0.4, 0.5) is 0 Å². The molecular weight excluding hydrogens is 202 g/mol. The highest BCUT2D eigenvalue weighted by Crippen LogP contribution is 2.28. The third-order valence-corrected chi connectivity index (χ3v) is 3.81. The fourth-order valence-corrected chi connectivity index (χ4v) is 2.87. The summed E-state index contributed by atoms with van der Waals surface area (Å²) in [6, 6.07) is 2.86. The van der Waals surface area contributed by atoms with E-state index in [1.807, 2.05) is 6.92 Å². The van der Waals surface area contributed by atoms with Crippen molar-refractivity contribution < 1.29 is 4.79 Å². The van der Waals surface area contributed by atoms with Crippen LogP contribution in [0.25, 0.3) is 0 Å². The molecule has 2 saturated heterocycles. The number of carbonyl (C=O) groups excluding carboxylic acids is 1. The number of hydrogen-bond acceptors (Lipinski definition) is 3. The van der Waals surface area contributed by atoms with E-state index in [-0.39, 0.29) is 11.9 Å². The number of rotatable bonds is 3. The second kappa shape index (κ2) is 4.84. The van der Waals surface area contributed by atoms with Crippen molar-refractivity contribution in [3.8, 4) is 6.07 Å². The van der Waals surface area contributed by atoms with Gasteiger partial charge in [0.2, 0.25) is 5.91 Å². The largest absolute Gasteiger partial charge is 0.351 e. The Bertz CT molecular complexity index is 310. The van der Waals surface area contributed by atoms with E-state index in [9.17, 15) is 4.79 Å². The van der Waals surface area contributed by atoms with Crippen LogP contribution >= 0.6 is 0 Å². The summed E-state index contributed by atoms with van der Waals surface area (Å²) in [7, 11) is 0. The van der Waals surface area contributed by atoms with Crippen LogP contribution in [-0.2, 0) is 4.79 Å². The quantitative estimate of drug-likeness (QED) is 0.770. The summed E-state index contributed by atoms with van der Waals surface area (Å²) in [5.41, 5.74) is 0. The smallest absolute Gasteiger partial charge is 0.237 e. The monoisotopic (exact) mass is 221 g/mol. The molecule has 1 N–H and O–H groups in total. The summed E-state index contributed by atoms with van der Waals surface area (Å²) >= 11 is 0. The number of fused-ring (bicyclic) bond motifs is 1. The number of nitriles is 1. The Morgan fingerprint density at radius 1 is 1.56 bits per heavy atom. The molecule has 0 bridgehead atoms. The zero-order chi connectivity index (χ0) is 11.5. The summed E-state index contributed by atoms with van der Waals surface area (Å²) < 4.78 is 0. The summed E-state index contributed by atoms with van der Waals surface area (Å²) in [5.74, 6) is -0.556. The molecule has 3 atom stereocenters. The van der Waals surface area contributed by atoms with Gasteiger partial charge in [0.1, 0.15) is 5.92 Å². The minimum absolute atomic E-state index is 0.0799. The minimum Gasteiger partial charge on any atom is -0.351 e. The third-order valence-electron chi connectivity index (χ3n) is 3.81. The summed E-state index contributed by atoms with van der Waals surface area (Å²) in [6.07, 6.45) is 4.07. The van der Waals surface area contributed by atoms with Crippen LogP contribution in [0.15, 0.2) is 0 Å². The highest BCUT2D eigenvalue weighted by atomic mass is 16.1. The molecule has 4 nitrogen and oxygen atoms in total. The Morgan fingerprint density at radius 3 is 3.06 bits per heavy atom. The van der Waals surface area contributed by atoms with Gasteiger partial charge in [0.25, 0.3) is 0 Å². The molecule has 0 aromatic carbocycles. The maximum atomic E-state index is 11.8. The molecule has 4 heteroatoms. The first kappa shape index (κ1) is 11.4. The van der Waals surface area contributed by atoms with Gasteiger partial charge in [-0.15, -0.1) is 0 Å². The number of nitrogens with one attached hydrogen (secondary N) is 1. The lowest BCUT2D eigenvalue weighted by Crippen LogP contribution is -2.44. The van der Waals surface area contributed by atoms with E-state index in [0.717, 1.165) is 13.0 Å². The highest BCUT2D eigenvalue weighted by Gasteiger charge is 2.38. The van der Waals surface area contributed by atoms with Gasteiger partial charge in [0.05, 0.1) is 6.07 Å². The van der Waals surface area contributed by atoms with Crippen LogP contribution in [-0.4, -0.2) is 36.0 Å². The van der Waals surface area contributed by atoms with Gasteiger partial charge in [-0.25, -0.2) is 0 Å². The summed E-state index contributed by atoms with van der Waals surface area (Å²) in [4.78, 5) is 14.3. The van der Waals surface area contributed by atoms with Gasteiger partial charge in [-0.3, -0.25) is 9.69 Å². The fraction of sp³-hybridized carbons (Fsp3) is 0.833. The van der Waals surface area contributed by atoms with Crippen LogP contribution < -0.4 is 5.32 Å². The van der Waals surface area contributed by atoms with E-state index in [4.69, 9.17) is 5.26 Å². The van der Waals surface area contributed by atoms with Crippen LogP contribution in [0, 0.1) is 17.2 Å². The van der Waals surface area contributed by atoms with Crippen LogP contribution in [0.3, 0.4) is 0 Å². The first-order valence-electron chi connectivity index (χ1n) is 6.20. The summed E-state index contributed by atoms with van der Waals surface area (Å²) in [6.45, 7) is 4.15. The number of amides is 1. The van der Waals surface area contributed by atoms with Gasteiger partial charge in [-0.1, -0.05) is 6.92 Å².